The zero-order chi connectivity index (χ0) is 12.3. The molecule has 0 aliphatic carbocycles. The fourth-order valence-corrected chi connectivity index (χ4v) is 1.62. The second-order valence-corrected chi connectivity index (χ2v) is 4.51. The number of hydrogen-bond acceptors (Lipinski definition) is 2. The van der Waals surface area contributed by atoms with Crippen LogP contribution in [0.4, 0.5) is 0 Å². The summed E-state index contributed by atoms with van der Waals surface area (Å²) in [7, 11) is 0. The van der Waals surface area contributed by atoms with Crippen molar-refractivity contribution in [2.24, 2.45) is 0 Å². The highest BCUT2D eigenvalue weighted by Crippen LogP contribution is 2.22. The molecule has 0 aromatic heterocycles. The Kier molecular flexibility index (Phi) is 4.33. The van der Waals surface area contributed by atoms with Crippen LogP contribution in [-0.2, 0) is 4.79 Å². The normalized spacial score (nSPS) is 12.8. The number of aryl methyl sites for hydroxylation is 1. The summed E-state index contributed by atoms with van der Waals surface area (Å²) in [4.78, 5) is 11.1. The first kappa shape index (κ1) is 13.0. The van der Waals surface area contributed by atoms with Crippen LogP contribution in [-0.4, -0.2) is 17.1 Å². The number of hydrogen-bond donors (Lipinski definition) is 2. The van der Waals surface area contributed by atoms with Gasteiger partial charge in [-0.15, -0.1) is 0 Å². The lowest BCUT2D eigenvalue weighted by Crippen LogP contribution is -2.33. The Morgan fingerprint density at radius 1 is 1.44 bits per heavy atom. The third-order valence-corrected chi connectivity index (χ3v) is 2.68. The summed E-state index contributed by atoms with van der Waals surface area (Å²) in [5.41, 5.74) is 1.62. The number of carboxylic acids is 1. The van der Waals surface area contributed by atoms with Gasteiger partial charge < -0.3 is 5.11 Å². The van der Waals surface area contributed by atoms with E-state index in [1.807, 2.05) is 26.8 Å². The highest BCUT2D eigenvalue weighted by molar-refractivity contribution is 6.31. The zero-order valence-corrected chi connectivity index (χ0v) is 10.4. The first-order valence-electron chi connectivity index (χ1n) is 5.16. The molecule has 1 aromatic carbocycles. The molecule has 3 nitrogen and oxygen atoms in total. The molecule has 0 radical (unpaired) electrons. The first-order valence-corrected chi connectivity index (χ1v) is 5.54. The molecule has 88 valence electrons. The molecule has 16 heavy (non-hydrogen) atoms. The molecule has 0 aliphatic heterocycles. The van der Waals surface area contributed by atoms with Crippen molar-refractivity contribution in [1.29, 1.82) is 0 Å². The summed E-state index contributed by atoms with van der Waals surface area (Å²) >= 11 is 5.98. The van der Waals surface area contributed by atoms with Crippen LogP contribution < -0.4 is 5.32 Å². The van der Waals surface area contributed by atoms with Crippen molar-refractivity contribution < 1.29 is 9.90 Å². The number of nitrogens with one attached hydrogen (secondary N) is 1. The molecule has 0 saturated carbocycles. The molecule has 0 saturated heterocycles. The van der Waals surface area contributed by atoms with Gasteiger partial charge in [0.05, 0.1) is 0 Å². The van der Waals surface area contributed by atoms with E-state index in [0.717, 1.165) is 5.56 Å². The van der Waals surface area contributed by atoms with Crippen LogP contribution in [0.2, 0.25) is 5.02 Å². The predicted molar refractivity (Wildman–Crippen MR) is 64.8 cm³/mol. The van der Waals surface area contributed by atoms with Crippen molar-refractivity contribution in [3.8, 4) is 0 Å². The maximum Gasteiger partial charge on any atom is 0.325 e. The van der Waals surface area contributed by atoms with E-state index in [1.54, 1.807) is 12.1 Å². The number of carboxylic acid groups (broad SMARTS) is 1. The molecular formula is C12H16ClNO2. The van der Waals surface area contributed by atoms with E-state index in [9.17, 15) is 4.79 Å². The smallest absolute Gasteiger partial charge is 0.325 e. The highest BCUT2D eigenvalue weighted by atomic mass is 35.5. The molecule has 2 N–H and O–H groups in total. The van der Waals surface area contributed by atoms with Gasteiger partial charge in [0.15, 0.2) is 0 Å². The lowest BCUT2D eigenvalue weighted by Gasteiger charge is -2.18. The van der Waals surface area contributed by atoms with E-state index >= 15 is 0 Å². The van der Waals surface area contributed by atoms with Gasteiger partial charge in [0.2, 0.25) is 0 Å². The Bertz CT molecular complexity index is 391. The molecule has 0 bridgehead atoms. The number of carbonyl (C=O) groups is 1. The minimum absolute atomic E-state index is 0.0983. The summed E-state index contributed by atoms with van der Waals surface area (Å²) in [5.74, 6) is -0.895. The summed E-state index contributed by atoms with van der Waals surface area (Å²) in [6.45, 7) is 5.70. The molecule has 1 unspecified atom stereocenters. The molecule has 0 heterocycles. The highest BCUT2D eigenvalue weighted by Gasteiger charge is 2.20. The second kappa shape index (κ2) is 5.32. The lowest BCUT2D eigenvalue weighted by molar-refractivity contribution is -0.139. The standard InChI is InChI=1S/C12H16ClNO2/c1-7(2)14-11(12(15)16)9-5-4-8(3)10(13)6-9/h4-7,11,14H,1-3H3,(H,15,16). The number of halogens is 1. The third-order valence-electron chi connectivity index (χ3n) is 2.28. The first-order chi connectivity index (χ1) is 7.41. The molecule has 1 aromatic rings. The van der Waals surface area contributed by atoms with Crippen molar-refractivity contribution in [3.05, 3.63) is 34.3 Å². The topological polar surface area (TPSA) is 49.3 Å². The van der Waals surface area contributed by atoms with Crippen molar-refractivity contribution in [2.45, 2.75) is 32.9 Å². The molecular weight excluding hydrogens is 226 g/mol. The number of rotatable bonds is 4. The summed E-state index contributed by atoms with van der Waals surface area (Å²) in [6.07, 6.45) is 0. The van der Waals surface area contributed by atoms with Crippen LogP contribution in [0.5, 0.6) is 0 Å². The molecule has 0 fully saturated rings. The SMILES string of the molecule is Cc1ccc(C(NC(C)C)C(=O)O)cc1Cl. The van der Waals surface area contributed by atoms with Crippen LogP contribution in [0.3, 0.4) is 0 Å². The van der Waals surface area contributed by atoms with Crippen molar-refractivity contribution in [2.75, 3.05) is 0 Å². The van der Waals surface area contributed by atoms with E-state index in [4.69, 9.17) is 16.7 Å². The molecule has 4 heteroatoms. The van der Waals surface area contributed by atoms with Gasteiger partial charge in [-0.25, -0.2) is 0 Å². The van der Waals surface area contributed by atoms with Crippen molar-refractivity contribution in [1.82, 2.24) is 5.32 Å². The summed E-state index contributed by atoms with van der Waals surface area (Å²) < 4.78 is 0. The van der Waals surface area contributed by atoms with Crippen LogP contribution >= 0.6 is 11.6 Å². The van der Waals surface area contributed by atoms with Gasteiger partial charge in [0.25, 0.3) is 0 Å². The van der Waals surface area contributed by atoms with Gasteiger partial charge in [-0.3, -0.25) is 10.1 Å². The molecule has 0 spiro atoms. The van der Waals surface area contributed by atoms with Crippen LogP contribution in [0, 0.1) is 6.92 Å². The Morgan fingerprint density at radius 2 is 2.06 bits per heavy atom. The van der Waals surface area contributed by atoms with Crippen molar-refractivity contribution in [3.63, 3.8) is 0 Å². The quantitative estimate of drug-likeness (QED) is 0.852. The van der Waals surface area contributed by atoms with Gasteiger partial charge in [0.1, 0.15) is 6.04 Å². The maximum absolute atomic E-state index is 11.1. The Balaban J connectivity index is 3.01. The largest absolute Gasteiger partial charge is 0.480 e. The van der Waals surface area contributed by atoms with Crippen LogP contribution in [0.25, 0.3) is 0 Å². The maximum atomic E-state index is 11.1. The average molecular weight is 242 g/mol. The van der Waals surface area contributed by atoms with Crippen molar-refractivity contribution >= 4 is 17.6 Å². The monoisotopic (exact) mass is 241 g/mol. The van der Waals surface area contributed by atoms with E-state index in [-0.39, 0.29) is 6.04 Å². The Labute approximate surface area is 100 Å². The van der Waals surface area contributed by atoms with E-state index in [1.165, 1.54) is 0 Å². The zero-order valence-electron chi connectivity index (χ0n) is 9.62. The van der Waals surface area contributed by atoms with Gasteiger partial charge in [0, 0.05) is 11.1 Å². The second-order valence-electron chi connectivity index (χ2n) is 4.10. The number of aliphatic carboxylic acids is 1. The Morgan fingerprint density at radius 3 is 2.50 bits per heavy atom. The summed E-state index contributed by atoms with van der Waals surface area (Å²) in [6, 6.07) is 4.70. The van der Waals surface area contributed by atoms with Gasteiger partial charge in [-0.05, 0) is 38.0 Å². The molecule has 0 amide bonds. The fourth-order valence-electron chi connectivity index (χ4n) is 1.43. The van der Waals surface area contributed by atoms with Crippen LogP contribution in [0.1, 0.15) is 31.0 Å². The van der Waals surface area contributed by atoms with Gasteiger partial charge >= 0.3 is 5.97 Å². The minimum atomic E-state index is -0.895. The van der Waals surface area contributed by atoms with Gasteiger partial charge in [-0.1, -0.05) is 23.7 Å². The van der Waals surface area contributed by atoms with Crippen LogP contribution in [0.15, 0.2) is 18.2 Å². The minimum Gasteiger partial charge on any atom is -0.480 e. The average Bonchev–Trinajstić information content (AvgIpc) is 2.18. The van der Waals surface area contributed by atoms with Gasteiger partial charge in [-0.2, -0.15) is 0 Å². The molecule has 1 rings (SSSR count). The van der Waals surface area contributed by atoms with E-state index in [2.05, 4.69) is 5.32 Å². The Hall–Kier alpha value is -1.06. The summed E-state index contributed by atoms with van der Waals surface area (Å²) in [5, 5.41) is 12.7. The molecule has 0 aliphatic rings. The number of benzene rings is 1. The molecule has 1 atom stereocenters. The van der Waals surface area contributed by atoms with E-state index in [0.29, 0.717) is 10.6 Å². The third kappa shape index (κ3) is 3.22. The van der Waals surface area contributed by atoms with E-state index < -0.39 is 12.0 Å². The fraction of sp³-hybridized carbons (Fsp3) is 0.417. The predicted octanol–water partition coefficient (Wildman–Crippen LogP) is 2.77. The lowest BCUT2D eigenvalue weighted by atomic mass is 10.0.